The van der Waals surface area contributed by atoms with Crippen molar-refractivity contribution in [3.8, 4) is 0 Å². The summed E-state index contributed by atoms with van der Waals surface area (Å²) in [5.74, 6) is -0.119. The first-order valence-corrected chi connectivity index (χ1v) is 8.32. The molecule has 1 aromatic carbocycles. The molecule has 0 amide bonds. The van der Waals surface area contributed by atoms with Crippen molar-refractivity contribution in [1.82, 2.24) is 4.90 Å². The molecule has 23 heavy (non-hydrogen) atoms. The Kier molecular flexibility index (Phi) is 6.57. The minimum atomic E-state index is -0.723. The van der Waals surface area contributed by atoms with E-state index in [0.29, 0.717) is 32.4 Å². The summed E-state index contributed by atoms with van der Waals surface area (Å²) >= 11 is 0. The lowest BCUT2D eigenvalue weighted by molar-refractivity contribution is -0.158. The fourth-order valence-corrected chi connectivity index (χ4v) is 3.24. The quantitative estimate of drug-likeness (QED) is 0.739. The van der Waals surface area contributed by atoms with Gasteiger partial charge in [0.2, 0.25) is 0 Å². The van der Waals surface area contributed by atoms with E-state index in [4.69, 9.17) is 9.84 Å². The molecule has 0 unspecified atom stereocenters. The third kappa shape index (κ3) is 4.77. The number of hydrogen-bond acceptors (Lipinski definition) is 5. The van der Waals surface area contributed by atoms with Gasteiger partial charge in [0.1, 0.15) is 0 Å². The molecule has 0 bridgehead atoms. The van der Waals surface area contributed by atoms with Crippen molar-refractivity contribution in [2.75, 3.05) is 32.8 Å². The van der Waals surface area contributed by atoms with E-state index in [-0.39, 0.29) is 12.6 Å². The minimum Gasteiger partial charge on any atom is -0.466 e. The number of aliphatic hydroxyl groups excluding tert-OH is 2. The molecule has 1 aliphatic rings. The predicted octanol–water partition coefficient (Wildman–Crippen LogP) is 1.23. The highest BCUT2D eigenvalue weighted by atomic mass is 16.5. The van der Waals surface area contributed by atoms with Gasteiger partial charge in [0, 0.05) is 6.54 Å². The summed E-state index contributed by atoms with van der Waals surface area (Å²) in [4.78, 5) is 14.7. The van der Waals surface area contributed by atoms with E-state index in [1.54, 1.807) is 0 Å². The molecule has 0 spiro atoms. The first-order chi connectivity index (χ1) is 11.1. The van der Waals surface area contributed by atoms with E-state index in [9.17, 15) is 9.90 Å². The Hall–Kier alpha value is -1.43. The Bertz CT molecular complexity index is 483. The second-order valence-electron chi connectivity index (χ2n) is 6.30. The van der Waals surface area contributed by atoms with Gasteiger partial charge in [0.05, 0.1) is 24.7 Å². The lowest BCUT2D eigenvalue weighted by atomic mass is 9.73. The number of ether oxygens (including phenoxy) is 1. The zero-order valence-corrected chi connectivity index (χ0v) is 13.8. The topological polar surface area (TPSA) is 70.0 Å². The first-order valence-electron chi connectivity index (χ1n) is 8.32. The lowest BCUT2D eigenvalue weighted by Crippen LogP contribution is -2.48. The van der Waals surface area contributed by atoms with Crippen LogP contribution in [0.1, 0.15) is 25.3 Å². The van der Waals surface area contributed by atoms with Gasteiger partial charge in [-0.1, -0.05) is 30.3 Å². The molecule has 1 saturated heterocycles. The fourth-order valence-electron chi connectivity index (χ4n) is 3.24. The molecule has 5 heteroatoms. The van der Waals surface area contributed by atoms with E-state index in [2.05, 4.69) is 4.90 Å². The molecule has 1 fully saturated rings. The molecule has 0 aromatic heterocycles. The third-order valence-electron chi connectivity index (χ3n) is 4.59. The molecule has 0 saturated carbocycles. The first kappa shape index (κ1) is 17.9. The smallest absolute Gasteiger partial charge is 0.312 e. The normalized spacial score (nSPS) is 19.3. The molecule has 0 aliphatic carbocycles. The highest BCUT2D eigenvalue weighted by molar-refractivity contribution is 5.77. The van der Waals surface area contributed by atoms with Gasteiger partial charge < -0.3 is 19.8 Å². The van der Waals surface area contributed by atoms with E-state index in [1.165, 1.54) is 0 Å². The number of hydrogen-bond donors (Lipinski definition) is 2. The van der Waals surface area contributed by atoms with Crippen LogP contribution in [0, 0.1) is 5.41 Å². The summed E-state index contributed by atoms with van der Waals surface area (Å²) < 4.78 is 5.35. The number of benzene rings is 1. The zero-order chi connectivity index (χ0) is 16.7. The largest absolute Gasteiger partial charge is 0.466 e. The average Bonchev–Trinajstić information content (AvgIpc) is 2.57. The molecule has 2 N–H and O–H groups in total. The van der Waals surface area contributed by atoms with Crippen LogP contribution in [-0.2, 0) is 16.0 Å². The number of carbonyl (C=O) groups is 1. The van der Waals surface area contributed by atoms with Gasteiger partial charge in [-0.25, -0.2) is 0 Å². The fraction of sp³-hybridized carbons (Fsp3) is 0.611. The van der Waals surface area contributed by atoms with Crippen molar-refractivity contribution < 1.29 is 19.7 Å². The van der Waals surface area contributed by atoms with Crippen LogP contribution in [0.15, 0.2) is 30.3 Å². The zero-order valence-electron chi connectivity index (χ0n) is 13.8. The van der Waals surface area contributed by atoms with Crippen LogP contribution in [0.2, 0.25) is 0 Å². The highest BCUT2D eigenvalue weighted by Crippen LogP contribution is 2.36. The van der Waals surface area contributed by atoms with Crippen LogP contribution in [0.25, 0.3) is 0 Å². The lowest BCUT2D eigenvalue weighted by Gasteiger charge is -2.40. The van der Waals surface area contributed by atoms with E-state index < -0.39 is 11.5 Å². The van der Waals surface area contributed by atoms with Gasteiger partial charge in [-0.3, -0.25) is 4.79 Å². The number of piperidine rings is 1. The van der Waals surface area contributed by atoms with Crippen LogP contribution < -0.4 is 0 Å². The van der Waals surface area contributed by atoms with Crippen molar-refractivity contribution in [2.45, 2.75) is 32.3 Å². The van der Waals surface area contributed by atoms with Crippen LogP contribution in [0.4, 0.5) is 0 Å². The van der Waals surface area contributed by atoms with Gasteiger partial charge in [-0.05, 0) is 44.8 Å². The van der Waals surface area contributed by atoms with Gasteiger partial charge in [0.15, 0.2) is 0 Å². The van der Waals surface area contributed by atoms with Crippen LogP contribution in [0.3, 0.4) is 0 Å². The average molecular weight is 321 g/mol. The van der Waals surface area contributed by atoms with Crippen molar-refractivity contribution in [2.24, 2.45) is 5.41 Å². The molecule has 1 aromatic rings. The van der Waals surface area contributed by atoms with Gasteiger partial charge in [-0.2, -0.15) is 0 Å². The monoisotopic (exact) mass is 321 g/mol. The SMILES string of the molecule is CCOC(=O)C1(Cc2ccccc2)CCN(C[C@@H](O)CO)CC1. The Labute approximate surface area is 137 Å². The van der Waals surface area contributed by atoms with Crippen molar-refractivity contribution in [3.63, 3.8) is 0 Å². The van der Waals surface area contributed by atoms with Crippen LogP contribution in [-0.4, -0.2) is 60.0 Å². The second-order valence-corrected chi connectivity index (χ2v) is 6.30. The van der Waals surface area contributed by atoms with Gasteiger partial charge in [-0.15, -0.1) is 0 Å². The molecule has 0 radical (unpaired) electrons. The van der Waals surface area contributed by atoms with Crippen LogP contribution in [0.5, 0.6) is 0 Å². The maximum Gasteiger partial charge on any atom is 0.312 e. The summed E-state index contributed by atoms with van der Waals surface area (Å²) in [5.41, 5.74) is 0.655. The van der Waals surface area contributed by atoms with Crippen molar-refractivity contribution >= 4 is 5.97 Å². The minimum absolute atomic E-state index is 0.119. The highest BCUT2D eigenvalue weighted by Gasteiger charge is 2.42. The molecule has 5 nitrogen and oxygen atoms in total. The van der Waals surface area contributed by atoms with Gasteiger partial charge in [0.25, 0.3) is 0 Å². The van der Waals surface area contributed by atoms with E-state index in [0.717, 1.165) is 18.7 Å². The van der Waals surface area contributed by atoms with Crippen molar-refractivity contribution in [3.05, 3.63) is 35.9 Å². The van der Waals surface area contributed by atoms with Crippen LogP contribution >= 0.6 is 0 Å². The summed E-state index contributed by atoms with van der Waals surface area (Å²) in [6.07, 6.45) is 1.38. The molecule has 1 aliphatic heterocycles. The Morgan fingerprint density at radius 2 is 1.96 bits per heavy atom. The number of nitrogens with zero attached hydrogens (tertiary/aromatic N) is 1. The Morgan fingerprint density at radius 1 is 1.30 bits per heavy atom. The molecule has 1 atom stereocenters. The number of carbonyl (C=O) groups excluding carboxylic acids is 1. The molecule has 128 valence electrons. The summed E-state index contributed by atoms with van der Waals surface area (Å²) in [6, 6.07) is 10.0. The standard InChI is InChI=1S/C18H27NO4/c1-2-23-17(22)18(12-15-6-4-3-5-7-15)8-10-19(11-9-18)13-16(21)14-20/h3-7,16,20-21H,2,8-14H2,1H3/t16-/m1/s1. The number of esters is 1. The summed E-state index contributed by atoms with van der Waals surface area (Å²) in [7, 11) is 0. The number of rotatable bonds is 7. The van der Waals surface area contributed by atoms with Gasteiger partial charge >= 0.3 is 5.97 Å². The Balaban J connectivity index is 2.06. The van der Waals surface area contributed by atoms with E-state index in [1.807, 2.05) is 37.3 Å². The number of β-amino-alcohol motifs (C(OH)–C–C–N with tert-alkyl or cyclic N) is 1. The number of aliphatic hydroxyl groups is 2. The van der Waals surface area contributed by atoms with Crippen molar-refractivity contribution in [1.29, 1.82) is 0 Å². The molecular weight excluding hydrogens is 294 g/mol. The predicted molar refractivity (Wildman–Crippen MR) is 88.0 cm³/mol. The maximum absolute atomic E-state index is 12.6. The number of likely N-dealkylation sites (tertiary alicyclic amines) is 1. The second kappa shape index (κ2) is 8.43. The summed E-state index contributed by atoms with van der Waals surface area (Å²) in [6.45, 7) is 3.89. The Morgan fingerprint density at radius 3 is 2.52 bits per heavy atom. The molecule has 1 heterocycles. The molecular formula is C18H27NO4. The molecule has 2 rings (SSSR count). The summed E-state index contributed by atoms with van der Waals surface area (Å²) in [5, 5.41) is 18.6. The third-order valence-corrected chi connectivity index (χ3v) is 4.59. The maximum atomic E-state index is 12.6. The van der Waals surface area contributed by atoms with E-state index >= 15 is 0 Å².